The van der Waals surface area contributed by atoms with Gasteiger partial charge < -0.3 is 10.6 Å². The second-order valence-corrected chi connectivity index (χ2v) is 7.65. The number of urea groups is 1. The van der Waals surface area contributed by atoms with Crippen LogP contribution in [-0.4, -0.2) is 33.1 Å². The normalized spacial score (nSPS) is 12.3. The molecular weight excluding hydrogens is 393 g/mol. The summed E-state index contributed by atoms with van der Waals surface area (Å²) >= 11 is 17.5. The minimum atomic E-state index is -1.89. The third kappa shape index (κ3) is 7.46. The molecule has 0 aliphatic carbocycles. The van der Waals surface area contributed by atoms with E-state index in [-0.39, 0.29) is 17.7 Å². The number of hydrogen-bond donors (Lipinski definition) is 2. The molecule has 0 unspecified atom stereocenters. The van der Waals surface area contributed by atoms with Crippen LogP contribution in [0.2, 0.25) is 0 Å². The molecule has 0 aliphatic rings. The van der Waals surface area contributed by atoms with Crippen molar-refractivity contribution in [2.45, 2.75) is 36.0 Å². The first-order valence-electron chi connectivity index (χ1n) is 7.54. The van der Waals surface area contributed by atoms with Gasteiger partial charge in [0.2, 0.25) is 3.79 Å². The SMILES string of the molecule is CCCCNC(=O)N[C@@H](CC(=O)c1ccc([N+](=O)[O-])cc1)C(Cl)(Cl)Cl. The van der Waals surface area contributed by atoms with E-state index in [9.17, 15) is 19.7 Å². The molecule has 0 fully saturated rings. The Morgan fingerprint density at radius 1 is 1.24 bits per heavy atom. The Hall–Kier alpha value is -1.57. The van der Waals surface area contributed by atoms with Gasteiger partial charge in [-0.1, -0.05) is 48.1 Å². The number of ketones is 1. The maximum Gasteiger partial charge on any atom is 0.315 e. The molecular formula is C15H18Cl3N3O4. The smallest absolute Gasteiger partial charge is 0.315 e. The van der Waals surface area contributed by atoms with E-state index in [1.807, 2.05) is 6.92 Å². The minimum absolute atomic E-state index is 0.136. The van der Waals surface area contributed by atoms with Gasteiger partial charge in [0.1, 0.15) is 0 Å². The number of non-ortho nitro benzene ring substituents is 1. The van der Waals surface area contributed by atoms with Crippen molar-refractivity contribution in [1.29, 1.82) is 0 Å². The average molecular weight is 411 g/mol. The molecule has 1 aromatic carbocycles. The monoisotopic (exact) mass is 409 g/mol. The van der Waals surface area contributed by atoms with Crippen molar-refractivity contribution in [1.82, 2.24) is 10.6 Å². The van der Waals surface area contributed by atoms with Gasteiger partial charge in [-0.3, -0.25) is 14.9 Å². The Balaban J connectivity index is 2.75. The van der Waals surface area contributed by atoms with E-state index < -0.39 is 26.6 Å². The third-order valence-corrected chi connectivity index (χ3v) is 4.10. The van der Waals surface area contributed by atoms with Gasteiger partial charge in [-0.25, -0.2) is 4.79 Å². The van der Waals surface area contributed by atoms with E-state index in [0.717, 1.165) is 12.8 Å². The van der Waals surface area contributed by atoms with Crippen molar-refractivity contribution >= 4 is 52.3 Å². The number of nitro groups is 1. The maximum atomic E-state index is 12.3. The summed E-state index contributed by atoms with van der Waals surface area (Å²) in [6, 6.07) is 3.46. The summed E-state index contributed by atoms with van der Waals surface area (Å²) in [5.41, 5.74) is 0.0842. The fraction of sp³-hybridized carbons (Fsp3) is 0.467. The Morgan fingerprint density at radius 2 is 1.84 bits per heavy atom. The first kappa shape index (κ1) is 21.5. The fourth-order valence-electron chi connectivity index (χ4n) is 1.91. The highest BCUT2D eigenvalue weighted by atomic mass is 35.6. The average Bonchev–Trinajstić information content (AvgIpc) is 2.53. The molecule has 0 aliphatic heterocycles. The Labute approximate surface area is 160 Å². The molecule has 2 amide bonds. The van der Waals surface area contributed by atoms with E-state index in [1.54, 1.807) is 0 Å². The quantitative estimate of drug-likeness (QED) is 0.222. The number of benzene rings is 1. The van der Waals surface area contributed by atoms with Crippen molar-refractivity contribution in [2.75, 3.05) is 6.54 Å². The molecule has 1 aromatic rings. The largest absolute Gasteiger partial charge is 0.338 e. The Kier molecular flexibility index (Phi) is 8.41. The standard InChI is InChI=1S/C15H18Cl3N3O4/c1-2-3-8-19-14(23)20-13(15(16,17)18)9-12(22)10-4-6-11(7-5-10)21(24)25/h4-7,13H,2-3,8-9H2,1H3,(H2,19,20,23)/t13-/m0/s1. The summed E-state index contributed by atoms with van der Waals surface area (Å²) in [4.78, 5) is 34.2. The fourth-order valence-corrected chi connectivity index (χ4v) is 2.30. The van der Waals surface area contributed by atoms with Gasteiger partial charge in [-0.15, -0.1) is 0 Å². The molecule has 7 nitrogen and oxygen atoms in total. The third-order valence-electron chi connectivity index (χ3n) is 3.31. The van der Waals surface area contributed by atoms with Gasteiger partial charge in [0.05, 0.1) is 11.0 Å². The van der Waals surface area contributed by atoms with Crippen LogP contribution in [0.4, 0.5) is 10.5 Å². The van der Waals surface area contributed by atoms with Gasteiger partial charge >= 0.3 is 6.03 Å². The van der Waals surface area contributed by atoms with Crippen molar-refractivity contribution in [3.8, 4) is 0 Å². The lowest BCUT2D eigenvalue weighted by molar-refractivity contribution is -0.384. The number of halogens is 3. The zero-order valence-electron chi connectivity index (χ0n) is 13.4. The minimum Gasteiger partial charge on any atom is -0.338 e. The molecule has 25 heavy (non-hydrogen) atoms. The molecule has 0 radical (unpaired) electrons. The molecule has 0 aromatic heterocycles. The lowest BCUT2D eigenvalue weighted by Crippen LogP contribution is -2.49. The lowest BCUT2D eigenvalue weighted by Gasteiger charge is -2.25. The maximum absolute atomic E-state index is 12.3. The highest BCUT2D eigenvalue weighted by Crippen LogP contribution is 2.32. The summed E-state index contributed by atoms with van der Waals surface area (Å²) in [6.45, 7) is 2.44. The molecule has 138 valence electrons. The molecule has 0 saturated heterocycles. The zero-order valence-corrected chi connectivity index (χ0v) is 15.7. The zero-order chi connectivity index (χ0) is 19.0. The predicted octanol–water partition coefficient (Wildman–Crippen LogP) is 4.01. The Bertz CT molecular complexity index is 617. The van der Waals surface area contributed by atoms with Gasteiger partial charge in [-0.05, 0) is 18.6 Å². The number of nitro benzene ring substituents is 1. The lowest BCUT2D eigenvalue weighted by atomic mass is 10.0. The molecule has 1 rings (SSSR count). The van der Waals surface area contributed by atoms with Crippen LogP contribution in [0.1, 0.15) is 36.5 Å². The molecule has 0 heterocycles. The van der Waals surface area contributed by atoms with E-state index >= 15 is 0 Å². The van der Waals surface area contributed by atoms with E-state index in [2.05, 4.69) is 10.6 Å². The van der Waals surface area contributed by atoms with Crippen molar-refractivity contribution < 1.29 is 14.5 Å². The Morgan fingerprint density at radius 3 is 2.32 bits per heavy atom. The molecule has 1 atom stereocenters. The number of nitrogens with one attached hydrogen (secondary N) is 2. The van der Waals surface area contributed by atoms with Crippen molar-refractivity contribution in [3.63, 3.8) is 0 Å². The van der Waals surface area contributed by atoms with E-state index in [0.29, 0.717) is 6.54 Å². The number of hydrogen-bond acceptors (Lipinski definition) is 4. The molecule has 2 N–H and O–H groups in total. The number of alkyl halides is 3. The predicted molar refractivity (Wildman–Crippen MR) is 97.6 cm³/mol. The van der Waals surface area contributed by atoms with Crippen LogP contribution in [0.25, 0.3) is 0 Å². The van der Waals surface area contributed by atoms with Gasteiger partial charge in [0, 0.05) is 30.7 Å². The van der Waals surface area contributed by atoms with Crippen LogP contribution < -0.4 is 10.6 Å². The highest BCUT2D eigenvalue weighted by Gasteiger charge is 2.35. The van der Waals surface area contributed by atoms with Crippen LogP contribution in [-0.2, 0) is 0 Å². The number of amides is 2. The van der Waals surface area contributed by atoms with Crippen LogP contribution in [0, 0.1) is 10.1 Å². The summed E-state index contributed by atoms with van der Waals surface area (Å²) in [7, 11) is 0. The van der Waals surface area contributed by atoms with Crippen molar-refractivity contribution in [2.24, 2.45) is 0 Å². The molecule has 0 saturated carbocycles. The second-order valence-electron chi connectivity index (χ2n) is 5.28. The number of unbranched alkanes of at least 4 members (excludes halogenated alkanes) is 1. The second kappa shape index (κ2) is 9.79. The summed E-state index contributed by atoms with van der Waals surface area (Å²) in [5, 5.41) is 15.7. The molecule has 10 heteroatoms. The number of nitrogens with zero attached hydrogens (tertiary/aromatic N) is 1. The van der Waals surface area contributed by atoms with Gasteiger partial charge in [-0.2, -0.15) is 0 Å². The van der Waals surface area contributed by atoms with E-state index in [1.165, 1.54) is 24.3 Å². The number of rotatable bonds is 8. The first-order valence-corrected chi connectivity index (χ1v) is 8.67. The summed E-state index contributed by atoms with van der Waals surface area (Å²) < 4.78 is -1.89. The number of carbonyl (C=O) groups excluding carboxylic acids is 2. The molecule has 0 bridgehead atoms. The van der Waals surface area contributed by atoms with Crippen LogP contribution in [0.15, 0.2) is 24.3 Å². The van der Waals surface area contributed by atoms with Crippen molar-refractivity contribution in [3.05, 3.63) is 39.9 Å². The van der Waals surface area contributed by atoms with Gasteiger partial charge in [0.15, 0.2) is 5.78 Å². The number of Topliss-reactive ketones (excluding diaryl/α,β-unsaturated/α-hetero) is 1. The topological polar surface area (TPSA) is 101 Å². The van der Waals surface area contributed by atoms with Gasteiger partial charge in [0.25, 0.3) is 5.69 Å². The first-order chi connectivity index (χ1) is 11.6. The van der Waals surface area contributed by atoms with E-state index in [4.69, 9.17) is 34.8 Å². The summed E-state index contributed by atoms with van der Waals surface area (Å²) in [6.07, 6.45) is 1.44. The van der Waals surface area contributed by atoms with Crippen LogP contribution >= 0.6 is 34.8 Å². The van der Waals surface area contributed by atoms with Crippen LogP contribution in [0.3, 0.4) is 0 Å². The molecule has 0 spiro atoms. The van der Waals surface area contributed by atoms with Crippen LogP contribution in [0.5, 0.6) is 0 Å². The number of carbonyl (C=O) groups is 2. The highest BCUT2D eigenvalue weighted by molar-refractivity contribution is 6.68. The summed E-state index contributed by atoms with van der Waals surface area (Å²) in [5.74, 6) is -0.417.